The zero-order chi connectivity index (χ0) is 22.5. The van der Waals surface area contributed by atoms with E-state index in [1.54, 1.807) is 13.0 Å². The molecule has 3 rings (SSSR count). The lowest BCUT2D eigenvalue weighted by molar-refractivity contribution is -0.119. The lowest BCUT2D eigenvalue weighted by Gasteiger charge is -2.09. The van der Waals surface area contributed by atoms with E-state index >= 15 is 0 Å². The Morgan fingerprint density at radius 2 is 1.48 bits per heavy atom. The van der Waals surface area contributed by atoms with Gasteiger partial charge in [0.1, 0.15) is 5.82 Å². The summed E-state index contributed by atoms with van der Waals surface area (Å²) in [5.41, 5.74) is 2.68. The van der Waals surface area contributed by atoms with Crippen molar-refractivity contribution in [2.45, 2.75) is 20.8 Å². The van der Waals surface area contributed by atoms with Crippen molar-refractivity contribution in [3.8, 4) is 5.95 Å². The third kappa shape index (κ3) is 5.30. The molecule has 1 aromatic carbocycles. The van der Waals surface area contributed by atoms with Gasteiger partial charge in [-0.05, 0) is 51.1 Å². The van der Waals surface area contributed by atoms with Crippen LogP contribution in [0.5, 0.6) is 0 Å². The van der Waals surface area contributed by atoms with Crippen molar-refractivity contribution in [3.63, 3.8) is 0 Å². The fourth-order valence-corrected chi connectivity index (χ4v) is 2.80. The predicted molar refractivity (Wildman–Crippen MR) is 110 cm³/mol. The van der Waals surface area contributed by atoms with Gasteiger partial charge in [-0.3, -0.25) is 4.79 Å². The van der Waals surface area contributed by atoms with Gasteiger partial charge < -0.3 is 14.8 Å². The molecule has 0 atom stereocenters. The van der Waals surface area contributed by atoms with Gasteiger partial charge in [-0.2, -0.15) is 9.78 Å². The highest BCUT2D eigenvalue weighted by atomic mass is 16.5. The van der Waals surface area contributed by atoms with Crippen LogP contribution < -0.4 is 5.32 Å². The van der Waals surface area contributed by atoms with E-state index in [4.69, 9.17) is 4.74 Å². The summed E-state index contributed by atoms with van der Waals surface area (Å²) in [5.74, 6) is -1.09. The molecule has 0 spiro atoms. The van der Waals surface area contributed by atoms with Crippen LogP contribution in [0.15, 0.2) is 36.4 Å². The molecule has 3 aromatic rings. The minimum Gasteiger partial charge on any atom is -0.465 e. The first-order chi connectivity index (χ1) is 14.8. The second-order valence-electron chi connectivity index (χ2n) is 6.73. The number of esters is 2. The van der Waals surface area contributed by atoms with E-state index in [1.807, 2.05) is 19.9 Å². The van der Waals surface area contributed by atoms with Crippen LogP contribution in [0, 0.1) is 20.8 Å². The maximum absolute atomic E-state index is 12.3. The smallest absolute Gasteiger partial charge is 0.338 e. The fourth-order valence-electron chi connectivity index (χ4n) is 2.80. The number of hydrogen-bond donors (Lipinski definition) is 1. The molecular weight excluding hydrogens is 402 g/mol. The molecule has 2 heterocycles. The third-order valence-corrected chi connectivity index (χ3v) is 4.13. The Balaban J connectivity index is 1.65. The number of amides is 1. The number of benzene rings is 1. The number of nitrogens with one attached hydrogen (secondary N) is 1. The number of hydrogen-bond acceptors (Lipinski definition) is 8. The molecule has 0 bridgehead atoms. The zero-order valence-electron chi connectivity index (χ0n) is 17.5. The van der Waals surface area contributed by atoms with E-state index in [0.29, 0.717) is 23.0 Å². The van der Waals surface area contributed by atoms with Crippen LogP contribution in [-0.2, 0) is 14.3 Å². The fraction of sp³-hybridized carbons (Fsp3) is 0.238. The number of carbonyl (C=O) groups excluding carboxylic acids is 3. The van der Waals surface area contributed by atoms with Gasteiger partial charge in [0.15, 0.2) is 6.61 Å². The molecule has 2 aromatic heterocycles. The monoisotopic (exact) mass is 423 g/mol. The van der Waals surface area contributed by atoms with Crippen LogP contribution in [0.3, 0.4) is 0 Å². The lowest BCUT2D eigenvalue weighted by Crippen LogP contribution is -2.23. The van der Waals surface area contributed by atoms with Gasteiger partial charge in [-0.25, -0.2) is 19.6 Å². The number of methoxy groups -OCH3 is 1. The van der Waals surface area contributed by atoms with Crippen LogP contribution >= 0.6 is 0 Å². The molecule has 10 nitrogen and oxygen atoms in total. The van der Waals surface area contributed by atoms with Crippen molar-refractivity contribution in [2.75, 3.05) is 19.0 Å². The molecular formula is C21H21N5O5. The van der Waals surface area contributed by atoms with Crippen molar-refractivity contribution in [1.82, 2.24) is 19.7 Å². The van der Waals surface area contributed by atoms with Gasteiger partial charge in [0.25, 0.3) is 11.9 Å². The number of anilines is 1. The summed E-state index contributed by atoms with van der Waals surface area (Å²) < 4.78 is 11.1. The molecule has 0 aliphatic rings. The molecule has 0 aliphatic heterocycles. The van der Waals surface area contributed by atoms with Crippen LogP contribution in [0.1, 0.15) is 37.8 Å². The van der Waals surface area contributed by atoms with E-state index in [-0.39, 0.29) is 5.56 Å². The first-order valence-corrected chi connectivity index (χ1v) is 9.31. The van der Waals surface area contributed by atoms with E-state index in [1.165, 1.54) is 36.1 Å². The molecule has 10 heteroatoms. The Bertz CT molecular complexity index is 1120. The minimum atomic E-state index is -0.700. The number of aryl methyl sites for hydroxylation is 3. The lowest BCUT2D eigenvalue weighted by atomic mass is 10.1. The summed E-state index contributed by atoms with van der Waals surface area (Å²) >= 11 is 0. The quantitative estimate of drug-likeness (QED) is 0.598. The van der Waals surface area contributed by atoms with Crippen molar-refractivity contribution >= 4 is 23.7 Å². The number of nitrogens with zero attached hydrogens (tertiary/aromatic N) is 4. The highest BCUT2D eigenvalue weighted by Gasteiger charge is 2.16. The van der Waals surface area contributed by atoms with Crippen molar-refractivity contribution < 1.29 is 23.9 Å². The Morgan fingerprint density at radius 1 is 0.903 bits per heavy atom. The maximum Gasteiger partial charge on any atom is 0.338 e. The van der Waals surface area contributed by atoms with E-state index < -0.39 is 24.5 Å². The standard InChI is InChI=1S/C21H21N5O5/c1-12-9-13(2)23-21(22-12)26-17(10-14(3)25-26)24-18(27)11-31-20(29)16-7-5-15(6-8-16)19(28)30-4/h5-10H,11H2,1-4H3,(H,24,27). The van der Waals surface area contributed by atoms with Crippen LogP contribution in [-0.4, -0.2) is 51.3 Å². The molecule has 31 heavy (non-hydrogen) atoms. The molecule has 0 saturated carbocycles. The second-order valence-corrected chi connectivity index (χ2v) is 6.73. The zero-order valence-corrected chi connectivity index (χ0v) is 17.5. The Labute approximate surface area is 178 Å². The van der Waals surface area contributed by atoms with Gasteiger partial charge in [0, 0.05) is 17.5 Å². The normalized spacial score (nSPS) is 10.5. The second kappa shape index (κ2) is 9.16. The number of rotatable bonds is 6. The summed E-state index contributed by atoms with van der Waals surface area (Å²) in [7, 11) is 1.27. The molecule has 0 radical (unpaired) electrons. The average molecular weight is 423 g/mol. The third-order valence-electron chi connectivity index (χ3n) is 4.13. The van der Waals surface area contributed by atoms with Gasteiger partial charge in [-0.15, -0.1) is 0 Å². The Kier molecular flexibility index (Phi) is 6.39. The topological polar surface area (TPSA) is 125 Å². The highest BCUT2D eigenvalue weighted by molar-refractivity contribution is 5.96. The first-order valence-electron chi connectivity index (χ1n) is 9.31. The number of aromatic nitrogens is 4. The summed E-state index contributed by atoms with van der Waals surface area (Å²) in [6.45, 7) is 4.94. The van der Waals surface area contributed by atoms with Crippen LogP contribution in [0.4, 0.5) is 5.82 Å². The first kappa shape index (κ1) is 21.6. The summed E-state index contributed by atoms with van der Waals surface area (Å²) in [5, 5.41) is 6.97. The number of carbonyl (C=O) groups is 3. The van der Waals surface area contributed by atoms with Gasteiger partial charge in [-0.1, -0.05) is 0 Å². The Hall–Kier alpha value is -4.08. The van der Waals surface area contributed by atoms with E-state index in [9.17, 15) is 14.4 Å². The molecule has 1 amide bonds. The van der Waals surface area contributed by atoms with E-state index in [0.717, 1.165) is 11.4 Å². The molecule has 1 N–H and O–H groups in total. The molecule has 0 unspecified atom stereocenters. The maximum atomic E-state index is 12.3. The average Bonchev–Trinajstić information content (AvgIpc) is 3.10. The molecule has 0 aliphatic carbocycles. The van der Waals surface area contributed by atoms with Gasteiger partial charge in [0.05, 0.1) is 23.9 Å². The molecule has 160 valence electrons. The number of ether oxygens (including phenoxy) is 2. The van der Waals surface area contributed by atoms with Crippen LogP contribution in [0.25, 0.3) is 5.95 Å². The minimum absolute atomic E-state index is 0.199. The van der Waals surface area contributed by atoms with Crippen molar-refractivity contribution in [1.29, 1.82) is 0 Å². The van der Waals surface area contributed by atoms with Crippen molar-refractivity contribution in [3.05, 3.63) is 64.6 Å². The van der Waals surface area contributed by atoms with Gasteiger partial charge >= 0.3 is 11.9 Å². The molecule has 0 saturated heterocycles. The largest absolute Gasteiger partial charge is 0.465 e. The summed E-state index contributed by atoms with van der Waals surface area (Å²) in [4.78, 5) is 44.6. The summed E-state index contributed by atoms with van der Waals surface area (Å²) in [6.07, 6.45) is 0. The SMILES string of the molecule is COC(=O)c1ccc(C(=O)OCC(=O)Nc2cc(C)nn2-c2nc(C)cc(C)n2)cc1. The van der Waals surface area contributed by atoms with Crippen molar-refractivity contribution in [2.24, 2.45) is 0 Å². The van der Waals surface area contributed by atoms with E-state index in [2.05, 4.69) is 25.1 Å². The van der Waals surface area contributed by atoms with Gasteiger partial charge in [0.2, 0.25) is 0 Å². The predicted octanol–water partition coefficient (Wildman–Crippen LogP) is 2.17. The van der Waals surface area contributed by atoms with Crippen LogP contribution in [0.2, 0.25) is 0 Å². The highest BCUT2D eigenvalue weighted by Crippen LogP contribution is 2.15. The summed E-state index contributed by atoms with van der Waals surface area (Å²) in [6, 6.07) is 9.20. The Morgan fingerprint density at radius 3 is 2.06 bits per heavy atom. The molecule has 0 fully saturated rings.